The maximum absolute atomic E-state index is 8.97. The number of nitrogens with zero attached hydrogens (tertiary/aromatic N) is 1. The summed E-state index contributed by atoms with van der Waals surface area (Å²) in [4.78, 5) is 2.16. The predicted octanol–water partition coefficient (Wildman–Crippen LogP) is 5.96. The molecule has 4 heteroatoms. The quantitative estimate of drug-likeness (QED) is 0.236. The highest BCUT2D eigenvalue weighted by molar-refractivity contribution is 5.85. The van der Waals surface area contributed by atoms with E-state index in [1.807, 2.05) is 0 Å². The van der Waals surface area contributed by atoms with Crippen molar-refractivity contribution in [3.05, 3.63) is 0 Å². The van der Waals surface area contributed by atoms with E-state index in [9.17, 15) is 0 Å². The van der Waals surface area contributed by atoms with Crippen LogP contribution in [0.25, 0.3) is 0 Å². The van der Waals surface area contributed by atoms with Gasteiger partial charge in [0.25, 0.3) is 0 Å². The van der Waals surface area contributed by atoms with Gasteiger partial charge in [0.2, 0.25) is 0 Å². The van der Waals surface area contributed by atoms with Crippen LogP contribution in [0.2, 0.25) is 0 Å². The van der Waals surface area contributed by atoms with Gasteiger partial charge < -0.3 is 10.2 Å². The van der Waals surface area contributed by atoms with Gasteiger partial charge in [-0.05, 0) is 13.0 Å². The zero-order valence-electron chi connectivity index (χ0n) is 17.6. The molecule has 0 aliphatic carbocycles. The van der Waals surface area contributed by atoms with Gasteiger partial charge in [0.1, 0.15) is 0 Å². The van der Waals surface area contributed by atoms with E-state index in [0.29, 0.717) is 13.1 Å². The summed E-state index contributed by atoms with van der Waals surface area (Å²) < 4.78 is 0. The number of rotatable bonds is 21. The Labute approximate surface area is 170 Å². The molecule has 0 spiro atoms. The molecule has 0 heterocycles. The molecule has 26 heavy (non-hydrogen) atoms. The third-order valence-electron chi connectivity index (χ3n) is 5.16. The van der Waals surface area contributed by atoms with E-state index < -0.39 is 0 Å². The monoisotopic (exact) mass is 393 g/mol. The topological polar surface area (TPSA) is 43.7 Å². The number of hydrogen-bond donors (Lipinski definition) is 2. The summed E-state index contributed by atoms with van der Waals surface area (Å²) in [5.41, 5.74) is 0. The minimum atomic E-state index is 0. The molecule has 0 rings (SSSR count). The van der Waals surface area contributed by atoms with Gasteiger partial charge in [0, 0.05) is 13.1 Å². The van der Waals surface area contributed by atoms with Crippen molar-refractivity contribution in [2.24, 2.45) is 0 Å². The minimum Gasteiger partial charge on any atom is -0.395 e. The number of hydrogen-bond acceptors (Lipinski definition) is 3. The molecule has 160 valence electrons. The molecule has 0 radical (unpaired) electrons. The van der Waals surface area contributed by atoms with Crippen LogP contribution in [0.3, 0.4) is 0 Å². The molecule has 0 saturated heterocycles. The molecule has 0 aliphatic heterocycles. The minimum absolute atomic E-state index is 0. The second kappa shape index (κ2) is 25.2. The van der Waals surface area contributed by atoms with E-state index >= 15 is 0 Å². The first-order valence-electron chi connectivity index (χ1n) is 11.3. The lowest BCUT2D eigenvalue weighted by Gasteiger charge is -2.19. The van der Waals surface area contributed by atoms with Crippen LogP contribution in [0, 0.1) is 0 Å². The third-order valence-corrected chi connectivity index (χ3v) is 5.16. The van der Waals surface area contributed by atoms with E-state index in [-0.39, 0.29) is 25.6 Å². The Kier molecular flexibility index (Phi) is 27.5. The molecule has 0 atom stereocenters. The van der Waals surface area contributed by atoms with Gasteiger partial charge in [0.05, 0.1) is 13.2 Å². The second-order valence-corrected chi connectivity index (χ2v) is 7.59. The highest BCUT2D eigenvalue weighted by Gasteiger charge is 2.02. The average molecular weight is 394 g/mol. The molecule has 0 unspecified atom stereocenters. The molecular formula is C22H48ClNO2. The van der Waals surface area contributed by atoms with Crippen LogP contribution in [0.15, 0.2) is 0 Å². The first kappa shape index (κ1) is 28.4. The fraction of sp³-hybridized carbons (Fsp3) is 1.00. The van der Waals surface area contributed by atoms with Gasteiger partial charge in [-0.3, -0.25) is 4.90 Å². The molecule has 0 amide bonds. The van der Waals surface area contributed by atoms with Crippen LogP contribution in [-0.4, -0.2) is 48.0 Å². The number of unbranched alkanes of at least 4 members (excludes halogenated alkanes) is 15. The van der Waals surface area contributed by atoms with Gasteiger partial charge >= 0.3 is 0 Å². The van der Waals surface area contributed by atoms with E-state index in [0.717, 1.165) is 6.54 Å². The highest BCUT2D eigenvalue weighted by Crippen LogP contribution is 2.13. The van der Waals surface area contributed by atoms with Crippen molar-refractivity contribution in [2.75, 3.05) is 32.8 Å². The van der Waals surface area contributed by atoms with Crippen LogP contribution in [0.4, 0.5) is 0 Å². The van der Waals surface area contributed by atoms with Crippen molar-refractivity contribution in [2.45, 2.75) is 110 Å². The molecule has 0 saturated carbocycles. The van der Waals surface area contributed by atoms with Crippen molar-refractivity contribution >= 4 is 12.4 Å². The molecule has 3 nitrogen and oxygen atoms in total. The lowest BCUT2D eigenvalue weighted by molar-refractivity contribution is 0.159. The SMILES string of the molecule is CCCCCCCCCCCCCCCCCCN(CCO)CCO.Cl. The fourth-order valence-corrected chi connectivity index (χ4v) is 3.50. The third kappa shape index (κ3) is 22.2. The second-order valence-electron chi connectivity index (χ2n) is 7.59. The van der Waals surface area contributed by atoms with Gasteiger partial charge in [0.15, 0.2) is 0 Å². The summed E-state index contributed by atoms with van der Waals surface area (Å²) in [6.07, 6.45) is 22.3. The van der Waals surface area contributed by atoms with Gasteiger partial charge in [-0.2, -0.15) is 0 Å². The lowest BCUT2D eigenvalue weighted by atomic mass is 10.0. The average Bonchev–Trinajstić information content (AvgIpc) is 2.61. The lowest BCUT2D eigenvalue weighted by Crippen LogP contribution is -2.30. The molecule has 0 aromatic heterocycles. The number of aliphatic hydroxyl groups is 2. The Morgan fingerprint density at radius 1 is 0.462 bits per heavy atom. The summed E-state index contributed by atoms with van der Waals surface area (Å²) in [5, 5.41) is 17.9. The molecule has 2 N–H and O–H groups in total. The Bertz CT molecular complexity index is 236. The maximum Gasteiger partial charge on any atom is 0.0558 e. The molecule has 0 fully saturated rings. The van der Waals surface area contributed by atoms with Gasteiger partial charge in [-0.25, -0.2) is 0 Å². The summed E-state index contributed by atoms with van der Waals surface area (Å²) in [5.74, 6) is 0. The summed E-state index contributed by atoms with van der Waals surface area (Å²) in [6.45, 7) is 5.07. The van der Waals surface area contributed by atoms with Crippen molar-refractivity contribution in [3.8, 4) is 0 Å². The standard InChI is InChI=1S/C22H47NO2.ClH/c1-2-3-4-5-6-7-8-9-10-11-12-13-14-15-16-17-18-23(19-21-24)20-22-25;/h24-25H,2-22H2,1H3;1H. The van der Waals surface area contributed by atoms with Crippen LogP contribution in [-0.2, 0) is 0 Å². The van der Waals surface area contributed by atoms with E-state index in [4.69, 9.17) is 10.2 Å². The normalized spacial score (nSPS) is 11.1. The van der Waals surface area contributed by atoms with Crippen LogP contribution >= 0.6 is 12.4 Å². The predicted molar refractivity (Wildman–Crippen MR) is 117 cm³/mol. The van der Waals surface area contributed by atoms with Gasteiger partial charge in [-0.1, -0.05) is 103 Å². The molecular weight excluding hydrogens is 346 g/mol. The Morgan fingerprint density at radius 3 is 1.08 bits per heavy atom. The highest BCUT2D eigenvalue weighted by atomic mass is 35.5. The summed E-state index contributed by atoms with van der Waals surface area (Å²) in [6, 6.07) is 0. The zero-order chi connectivity index (χ0) is 18.4. The van der Waals surface area contributed by atoms with E-state index in [2.05, 4.69) is 11.8 Å². The summed E-state index contributed by atoms with van der Waals surface area (Å²) >= 11 is 0. The van der Waals surface area contributed by atoms with Crippen molar-refractivity contribution in [1.29, 1.82) is 0 Å². The first-order chi connectivity index (χ1) is 12.3. The fourth-order valence-electron chi connectivity index (χ4n) is 3.50. The van der Waals surface area contributed by atoms with Crippen molar-refractivity contribution in [1.82, 2.24) is 4.90 Å². The van der Waals surface area contributed by atoms with Gasteiger partial charge in [-0.15, -0.1) is 12.4 Å². The molecule has 0 bridgehead atoms. The smallest absolute Gasteiger partial charge is 0.0558 e. The van der Waals surface area contributed by atoms with Crippen molar-refractivity contribution in [3.63, 3.8) is 0 Å². The van der Waals surface area contributed by atoms with Crippen LogP contribution < -0.4 is 0 Å². The van der Waals surface area contributed by atoms with E-state index in [1.54, 1.807) is 0 Å². The molecule has 0 aromatic carbocycles. The Morgan fingerprint density at radius 2 is 0.769 bits per heavy atom. The largest absolute Gasteiger partial charge is 0.395 e. The maximum atomic E-state index is 8.97. The molecule has 0 aromatic rings. The summed E-state index contributed by atoms with van der Waals surface area (Å²) in [7, 11) is 0. The number of aliphatic hydroxyl groups excluding tert-OH is 2. The first-order valence-corrected chi connectivity index (χ1v) is 11.3. The van der Waals surface area contributed by atoms with Crippen LogP contribution in [0.5, 0.6) is 0 Å². The van der Waals surface area contributed by atoms with Crippen LogP contribution in [0.1, 0.15) is 110 Å². The van der Waals surface area contributed by atoms with Crippen molar-refractivity contribution < 1.29 is 10.2 Å². The number of halogens is 1. The zero-order valence-corrected chi connectivity index (χ0v) is 18.4. The Hall–Kier alpha value is 0.170. The molecule has 0 aliphatic rings. The Balaban J connectivity index is 0. The van der Waals surface area contributed by atoms with E-state index in [1.165, 1.54) is 103 Å².